The van der Waals surface area contributed by atoms with E-state index in [0.717, 1.165) is 13.0 Å². The predicted molar refractivity (Wildman–Crippen MR) is 74.8 cm³/mol. The molecule has 0 saturated heterocycles. The van der Waals surface area contributed by atoms with Gasteiger partial charge in [-0.2, -0.15) is 8.42 Å². The van der Waals surface area contributed by atoms with E-state index >= 15 is 0 Å². The van der Waals surface area contributed by atoms with Crippen LogP contribution in [0.15, 0.2) is 17.0 Å². The molecule has 1 rings (SSSR count). The summed E-state index contributed by atoms with van der Waals surface area (Å²) in [6.45, 7) is 4.43. The van der Waals surface area contributed by atoms with Crippen molar-refractivity contribution in [3.05, 3.63) is 29.3 Å². The largest absolute Gasteiger partial charge is 0.355 e. The molecule has 6 nitrogen and oxygen atoms in total. The number of hydrogen-bond donors (Lipinski definition) is 1. The van der Waals surface area contributed by atoms with E-state index in [2.05, 4.69) is 8.71 Å². The van der Waals surface area contributed by atoms with Crippen molar-refractivity contribution in [2.75, 3.05) is 13.0 Å². The topological polar surface area (TPSA) is 89.9 Å². The maximum Gasteiger partial charge on any atom is 0.355 e. The molecule has 0 heterocycles. The molecule has 0 aliphatic carbocycles. The van der Waals surface area contributed by atoms with Crippen molar-refractivity contribution in [2.45, 2.75) is 25.7 Å². The maximum atomic E-state index is 13.6. The molecule has 0 aromatic heterocycles. The molecule has 22 heavy (non-hydrogen) atoms. The summed E-state index contributed by atoms with van der Waals surface area (Å²) in [4.78, 5) is 8.44. The minimum Gasteiger partial charge on any atom is -0.323 e. The van der Waals surface area contributed by atoms with E-state index in [-0.39, 0.29) is 12.5 Å². The number of halogens is 2. The van der Waals surface area contributed by atoms with E-state index in [1.807, 2.05) is 0 Å². The van der Waals surface area contributed by atoms with E-state index < -0.39 is 46.2 Å². The Morgan fingerprint density at radius 2 is 1.82 bits per heavy atom. The summed E-state index contributed by atoms with van der Waals surface area (Å²) in [7, 11) is -9.07. The van der Waals surface area contributed by atoms with Crippen LogP contribution in [0.1, 0.15) is 19.4 Å². The molecular formula is C12H17F2O6PS. The van der Waals surface area contributed by atoms with Crippen LogP contribution in [0.4, 0.5) is 8.78 Å². The Balaban J connectivity index is 2.94. The van der Waals surface area contributed by atoms with Crippen LogP contribution in [0.25, 0.3) is 0 Å². The molecule has 10 heteroatoms. The molecule has 0 spiro atoms. The molecule has 0 saturated carbocycles. The highest BCUT2D eigenvalue weighted by Crippen LogP contribution is 2.43. The SMILES string of the molecule is Cc1c(F)ccc(F)c1S(=O)(=O)OCP(=O)(O)OCC(C)C. The quantitative estimate of drug-likeness (QED) is 0.595. The van der Waals surface area contributed by atoms with Crippen molar-refractivity contribution >= 4 is 17.7 Å². The zero-order valence-electron chi connectivity index (χ0n) is 12.2. The summed E-state index contributed by atoms with van der Waals surface area (Å²) in [6, 6.07) is 1.40. The van der Waals surface area contributed by atoms with Crippen molar-refractivity contribution in [2.24, 2.45) is 5.92 Å². The molecule has 0 fully saturated rings. The van der Waals surface area contributed by atoms with Gasteiger partial charge in [-0.05, 0) is 25.0 Å². The minimum absolute atomic E-state index is 0.0556. The molecule has 1 N–H and O–H groups in total. The van der Waals surface area contributed by atoms with E-state index in [0.29, 0.717) is 6.07 Å². The first-order valence-electron chi connectivity index (χ1n) is 6.26. The first-order valence-corrected chi connectivity index (χ1v) is 9.44. The van der Waals surface area contributed by atoms with Crippen LogP contribution in [0.2, 0.25) is 0 Å². The van der Waals surface area contributed by atoms with Gasteiger partial charge in [0.25, 0.3) is 0 Å². The summed E-state index contributed by atoms with van der Waals surface area (Å²) in [5.41, 5.74) is -0.476. The standard InChI is InChI=1S/C12H17F2O6PS/c1-8(2)6-19-21(15,16)7-20-22(17,18)12-9(3)10(13)4-5-11(12)14/h4-5,8H,6-7H2,1-3H3,(H,15,16). The Morgan fingerprint density at radius 1 is 1.27 bits per heavy atom. The van der Waals surface area contributed by atoms with E-state index in [9.17, 15) is 26.7 Å². The van der Waals surface area contributed by atoms with Crippen LogP contribution in [0.3, 0.4) is 0 Å². The Kier molecular flexibility index (Phi) is 6.23. The normalized spacial score (nSPS) is 15.0. The number of benzene rings is 1. The molecule has 0 amide bonds. The lowest BCUT2D eigenvalue weighted by Gasteiger charge is -2.15. The van der Waals surface area contributed by atoms with Gasteiger partial charge in [0.05, 0.1) is 6.61 Å². The Bertz CT molecular complexity index is 689. The molecule has 1 aromatic rings. The highest BCUT2D eigenvalue weighted by atomic mass is 32.2. The van der Waals surface area contributed by atoms with Crippen molar-refractivity contribution in [3.8, 4) is 0 Å². The molecule has 0 aliphatic heterocycles. The van der Waals surface area contributed by atoms with Gasteiger partial charge in [0, 0.05) is 5.56 Å². The first kappa shape index (κ1) is 19.2. The van der Waals surface area contributed by atoms with Gasteiger partial charge in [-0.15, -0.1) is 0 Å². The molecule has 1 aromatic carbocycles. The summed E-state index contributed by atoms with van der Waals surface area (Å²) >= 11 is 0. The fourth-order valence-electron chi connectivity index (χ4n) is 1.44. The predicted octanol–water partition coefficient (Wildman–Crippen LogP) is 2.79. The summed E-state index contributed by atoms with van der Waals surface area (Å²) < 4.78 is 71.4. The Morgan fingerprint density at radius 3 is 2.36 bits per heavy atom. The van der Waals surface area contributed by atoms with E-state index in [1.165, 1.54) is 0 Å². The minimum atomic E-state index is -4.74. The summed E-state index contributed by atoms with van der Waals surface area (Å²) in [6.07, 6.45) is -1.18. The van der Waals surface area contributed by atoms with Gasteiger partial charge in [-0.3, -0.25) is 8.75 Å². The fraction of sp³-hybridized carbons (Fsp3) is 0.500. The maximum absolute atomic E-state index is 13.6. The molecule has 0 radical (unpaired) electrons. The number of hydrogen-bond acceptors (Lipinski definition) is 5. The zero-order valence-corrected chi connectivity index (χ0v) is 14.0. The fourth-order valence-corrected chi connectivity index (χ4v) is 4.03. The molecule has 0 bridgehead atoms. The van der Waals surface area contributed by atoms with Gasteiger partial charge in [0.15, 0.2) is 6.35 Å². The van der Waals surface area contributed by atoms with E-state index in [1.54, 1.807) is 13.8 Å². The van der Waals surface area contributed by atoms with Gasteiger partial charge in [0.1, 0.15) is 16.5 Å². The zero-order chi connectivity index (χ0) is 17.1. The van der Waals surface area contributed by atoms with Crippen LogP contribution in [0, 0.1) is 24.5 Å². The average Bonchev–Trinajstić information content (AvgIpc) is 2.39. The monoisotopic (exact) mass is 358 g/mol. The highest BCUT2D eigenvalue weighted by molar-refractivity contribution is 7.87. The van der Waals surface area contributed by atoms with Crippen molar-refractivity contribution in [1.29, 1.82) is 0 Å². The van der Waals surface area contributed by atoms with E-state index in [4.69, 9.17) is 0 Å². The van der Waals surface area contributed by atoms with Crippen molar-refractivity contribution in [1.82, 2.24) is 0 Å². The third-order valence-corrected chi connectivity index (χ3v) is 5.13. The third kappa shape index (κ3) is 5.10. The molecular weight excluding hydrogens is 341 g/mol. The van der Waals surface area contributed by atoms with Gasteiger partial charge < -0.3 is 9.42 Å². The smallest absolute Gasteiger partial charge is 0.323 e. The molecule has 1 unspecified atom stereocenters. The van der Waals surface area contributed by atoms with Crippen molar-refractivity contribution in [3.63, 3.8) is 0 Å². The lowest BCUT2D eigenvalue weighted by molar-refractivity contribution is 0.209. The molecule has 126 valence electrons. The van der Waals surface area contributed by atoms with Crippen LogP contribution in [0.5, 0.6) is 0 Å². The van der Waals surface area contributed by atoms with Gasteiger partial charge in [0.2, 0.25) is 0 Å². The van der Waals surface area contributed by atoms with Crippen LogP contribution in [-0.2, 0) is 23.4 Å². The lowest BCUT2D eigenvalue weighted by Crippen LogP contribution is -2.13. The summed E-state index contributed by atoms with van der Waals surface area (Å²) in [5.74, 6) is -2.21. The second-order valence-corrected chi connectivity index (χ2v) is 8.35. The van der Waals surface area contributed by atoms with Gasteiger partial charge in [-0.1, -0.05) is 13.8 Å². The Labute approximate surface area is 127 Å². The second kappa shape index (κ2) is 7.14. The van der Waals surface area contributed by atoms with Crippen LogP contribution < -0.4 is 0 Å². The van der Waals surface area contributed by atoms with Crippen LogP contribution >= 0.6 is 7.60 Å². The first-order chi connectivity index (χ1) is 9.96. The third-order valence-electron chi connectivity index (χ3n) is 2.52. The molecule has 1 atom stereocenters. The van der Waals surface area contributed by atoms with Crippen LogP contribution in [-0.4, -0.2) is 26.3 Å². The Hall–Kier alpha value is -0.860. The second-order valence-electron chi connectivity index (χ2n) is 5.01. The lowest BCUT2D eigenvalue weighted by atomic mass is 10.2. The average molecular weight is 358 g/mol. The van der Waals surface area contributed by atoms with Crippen molar-refractivity contribution < 1.29 is 35.4 Å². The van der Waals surface area contributed by atoms with Gasteiger partial charge in [-0.25, -0.2) is 8.78 Å². The summed E-state index contributed by atoms with van der Waals surface area (Å²) in [5, 5.41) is 0. The molecule has 0 aliphatic rings. The number of rotatable bonds is 7. The highest BCUT2D eigenvalue weighted by Gasteiger charge is 2.29. The van der Waals surface area contributed by atoms with Gasteiger partial charge >= 0.3 is 17.7 Å².